The first-order valence-electron chi connectivity index (χ1n) is 11.6. The van der Waals surface area contributed by atoms with Crippen LogP contribution in [0.1, 0.15) is 15.2 Å². The van der Waals surface area contributed by atoms with Crippen LogP contribution < -0.4 is 20.5 Å². The van der Waals surface area contributed by atoms with Crippen LogP contribution in [0.2, 0.25) is 0 Å². The van der Waals surface area contributed by atoms with Crippen molar-refractivity contribution in [3.63, 3.8) is 0 Å². The van der Waals surface area contributed by atoms with Crippen molar-refractivity contribution in [3.8, 4) is 33.9 Å². The normalized spacial score (nSPS) is 12.5. The monoisotopic (exact) mass is 493 g/mol. The van der Waals surface area contributed by atoms with Crippen LogP contribution in [0.3, 0.4) is 0 Å². The third-order valence-electron chi connectivity index (χ3n) is 6.14. The molecule has 0 unspecified atom stereocenters. The molecular formula is C29H23N3O3S. The van der Waals surface area contributed by atoms with E-state index in [1.165, 1.54) is 16.9 Å². The van der Waals surface area contributed by atoms with E-state index in [4.69, 9.17) is 20.2 Å². The molecule has 3 aromatic carbocycles. The quantitative estimate of drug-likeness (QED) is 0.297. The third kappa shape index (κ3) is 4.03. The number of aromatic nitrogens is 1. The van der Waals surface area contributed by atoms with Gasteiger partial charge in [-0.1, -0.05) is 60.2 Å². The molecule has 0 bridgehead atoms. The highest BCUT2D eigenvalue weighted by Gasteiger charge is 2.22. The van der Waals surface area contributed by atoms with E-state index >= 15 is 0 Å². The average molecular weight is 494 g/mol. The number of hydrogen-bond donors (Lipinski definition) is 2. The van der Waals surface area contributed by atoms with Gasteiger partial charge in [-0.15, -0.1) is 11.3 Å². The smallest absolute Gasteiger partial charge is 0.267 e. The first-order chi connectivity index (χ1) is 17.6. The number of rotatable bonds is 4. The molecule has 0 fully saturated rings. The van der Waals surface area contributed by atoms with Gasteiger partial charge in [0.25, 0.3) is 5.91 Å². The van der Waals surface area contributed by atoms with Crippen LogP contribution in [-0.4, -0.2) is 24.1 Å². The highest BCUT2D eigenvalue weighted by atomic mass is 32.1. The minimum absolute atomic E-state index is 0.289. The van der Waals surface area contributed by atoms with Crippen LogP contribution in [-0.2, 0) is 0 Å². The fourth-order valence-electron chi connectivity index (χ4n) is 4.32. The van der Waals surface area contributed by atoms with Gasteiger partial charge in [0.1, 0.15) is 22.9 Å². The van der Waals surface area contributed by atoms with Crippen molar-refractivity contribution >= 4 is 38.8 Å². The topological polar surface area (TPSA) is 86.5 Å². The van der Waals surface area contributed by atoms with Crippen molar-refractivity contribution in [3.05, 3.63) is 89.3 Å². The van der Waals surface area contributed by atoms with Crippen LogP contribution in [0.15, 0.2) is 78.9 Å². The molecule has 1 aliphatic rings. The van der Waals surface area contributed by atoms with Crippen molar-refractivity contribution < 1.29 is 14.3 Å². The Morgan fingerprint density at radius 3 is 2.44 bits per heavy atom. The van der Waals surface area contributed by atoms with Crippen molar-refractivity contribution in [2.24, 2.45) is 0 Å². The molecule has 0 aliphatic carbocycles. The summed E-state index contributed by atoms with van der Waals surface area (Å²) in [4.78, 5) is 19.4. The number of nitrogen functional groups attached to an aromatic ring is 1. The Bertz CT molecular complexity index is 1590. The molecule has 7 heteroatoms. The van der Waals surface area contributed by atoms with Gasteiger partial charge in [0.2, 0.25) is 0 Å². The molecule has 0 spiro atoms. The number of ether oxygens (including phenoxy) is 2. The summed E-state index contributed by atoms with van der Waals surface area (Å²) in [7, 11) is 0. The first-order valence-corrected chi connectivity index (χ1v) is 12.4. The molecule has 2 aromatic heterocycles. The lowest BCUT2D eigenvalue weighted by molar-refractivity contribution is 0.103. The molecule has 178 valence electrons. The zero-order chi connectivity index (χ0) is 24.6. The molecule has 0 saturated carbocycles. The lowest BCUT2D eigenvalue weighted by Gasteiger charge is -2.18. The highest BCUT2D eigenvalue weighted by molar-refractivity contribution is 7.21. The van der Waals surface area contributed by atoms with Gasteiger partial charge in [-0.05, 0) is 36.2 Å². The fourth-order valence-corrected chi connectivity index (χ4v) is 5.33. The molecule has 3 N–H and O–H groups in total. The Morgan fingerprint density at radius 2 is 1.67 bits per heavy atom. The second-order valence-electron chi connectivity index (χ2n) is 8.62. The number of nitrogens with one attached hydrogen (secondary N) is 1. The largest absolute Gasteiger partial charge is 0.486 e. The van der Waals surface area contributed by atoms with E-state index in [1.54, 1.807) is 18.2 Å². The number of carbonyl (C=O) groups is 1. The predicted octanol–water partition coefficient (Wildman–Crippen LogP) is 6.54. The summed E-state index contributed by atoms with van der Waals surface area (Å²) < 4.78 is 11.2. The van der Waals surface area contributed by atoms with E-state index in [9.17, 15) is 4.79 Å². The fraction of sp³-hybridized carbons (Fsp3) is 0.103. The second kappa shape index (κ2) is 9.02. The maximum Gasteiger partial charge on any atom is 0.267 e. The molecule has 6 nitrogen and oxygen atoms in total. The van der Waals surface area contributed by atoms with E-state index in [1.807, 2.05) is 36.4 Å². The third-order valence-corrected chi connectivity index (χ3v) is 7.24. The minimum Gasteiger partial charge on any atom is -0.486 e. The molecule has 1 aliphatic heterocycles. The van der Waals surface area contributed by atoms with E-state index in [2.05, 4.69) is 36.5 Å². The lowest BCUT2D eigenvalue weighted by Crippen LogP contribution is -2.16. The van der Waals surface area contributed by atoms with Crippen molar-refractivity contribution in [1.29, 1.82) is 0 Å². The summed E-state index contributed by atoms with van der Waals surface area (Å²) in [5.41, 5.74) is 12.6. The van der Waals surface area contributed by atoms with Gasteiger partial charge in [0.05, 0.1) is 11.4 Å². The second-order valence-corrected chi connectivity index (χ2v) is 9.62. The zero-order valence-electron chi connectivity index (χ0n) is 19.6. The first kappa shape index (κ1) is 22.1. The van der Waals surface area contributed by atoms with Gasteiger partial charge in [-0.3, -0.25) is 4.79 Å². The van der Waals surface area contributed by atoms with E-state index < -0.39 is 0 Å². The van der Waals surface area contributed by atoms with Crippen LogP contribution in [0.4, 0.5) is 11.4 Å². The van der Waals surface area contributed by atoms with E-state index in [0.29, 0.717) is 41.0 Å². The Labute approximate surface area is 212 Å². The molecular weight excluding hydrogens is 470 g/mol. The Balaban J connectivity index is 1.44. The molecule has 0 saturated heterocycles. The summed E-state index contributed by atoms with van der Waals surface area (Å²) >= 11 is 1.30. The minimum atomic E-state index is -0.289. The number of thiophene rings is 1. The number of anilines is 2. The maximum atomic E-state index is 13.3. The van der Waals surface area contributed by atoms with Crippen molar-refractivity contribution in [1.82, 2.24) is 4.98 Å². The number of carbonyl (C=O) groups excluding carboxylic acids is 1. The summed E-state index contributed by atoms with van der Waals surface area (Å²) in [6.45, 7) is 3.05. The molecule has 6 rings (SSSR count). The van der Waals surface area contributed by atoms with Gasteiger partial charge in [0.15, 0.2) is 11.5 Å². The number of nitrogens with zero attached hydrogens (tertiary/aromatic N) is 1. The summed E-state index contributed by atoms with van der Waals surface area (Å²) in [6, 6.07) is 25.7. The molecule has 3 heterocycles. The predicted molar refractivity (Wildman–Crippen MR) is 145 cm³/mol. The highest BCUT2D eigenvalue weighted by Crippen LogP contribution is 2.42. The van der Waals surface area contributed by atoms with E-state index in [-0.39, 0.29) is 5.91 Å². The summed E-state index contributed by atoms with van der Waals surface area (Å²) in [6.07, 6.45) is 0. The maximum absolute atomic E-state index is 13.3. The molecule has 0 atom stereocenters. The van der Waals surface area contributed by atoms with Crippen LogP contribution in [0.25, 0.3) is 32.6 Å². The molecule has 36 heavy (non-hydrogen) atoms. The van der Waals surface area contributed by atoms with Crippen molar-refractivity contribution in [2.45, 2.75) is 6.92 Å². The number of benzene rings is 3. The molecule has 1 amide bonds. The summed E-state index contributed by atoms with van der Waals surface area (Å²) in [5.74, 6) is 0.989. The standard InChI is InChI=1S/C29H23N3O3S/c1-17-7-9-18(10-8-17)21-16-22(19-5-3-2-4-6-19)32-29-25(21)26(30)27(36-29)28(33)31-20-11-12-23-24(15-20)35-14-13-34-23/h2-12,15-16H,13-14,30H2,1H3,(H,31,33). The number of pyridine rings is 1. The van der Waals surface area contributed by atoms with Crippen molar-refractivity contribution in [2.75, 3.05) is 24.3 Å². The number of amides is 1. The molecule has 0 radical (unpaired) electrons. The average Bonchev–Trinajstić information content (AvgIpc) is 3.25. The number of aryl methyl sites for hydroxylation is 1. The molecule has 5 aromatic rings. The Kier molecular flexibility index (Phi) is 5.54. The number of nitrogens with two attached hydrogens (primary N) is 1. The Hall–Kier alpha value is -4.36. The van der Waals surface area contributed by atoms with Gasteiger partial charge in [-0.2, -0.15) is 0 Å². The van der Waals surface area contributed by atoms with Crippen LogP contribution in [0, 0.1) is 6.92 Å². The van der Waals surface area contributed by atoms with Gasteiger partial charge in [-0.25, -0.2) is 4.98 Å². The lowest BCUT2D eigenvalue weighted by atomic mass is 9.99. The van der Waals surface area contributed by atoms with Gasteiger partial charge >= 0.3 is 0 Å². The number of fused-ring (bicyclic) bond motifs is 2. The SMILES string of the molecule is Cc1ccc(-c2cc(-c3ccccc3)nc3sc(C(=O)Nc4ccc5c(c4)OCCO5)c(N)c23)cc1. The Morgan fingerprint density at radius 1 is 0.917 bits per heavy atom. The van der Waals surface area contributed by atoms with Crippen LogP contribution in [0.5, 0.6) is 11.5 Å². The van der Waals surface area contributed by atoms with Gasteiger partial charge < -0.3 is 20.5 Å². The van der Waals surface area contributed by atoms with Crippen LogP contribution >= 0.6 is 11.3 Å². The zero-order valence-corrected chi connectivity index (χ0v) is 20.4. The van der Waals surface area contributed by atoms with Gasteiger partial charge in [0, 0.05) is 22.7 Å². The van der Waals surface area contributed by atoms with E-state index in [0.717, 1.165) is 32.6 Å². The number of hydrogen-bond acceptors (Lipinski definition) is 6. The summed E-state index contributed by atoms with van der Waals surface area (Å²) in [5, 5.41) is 3.74.